The molecule has 1 aliphatic heterocycles. The fraction of sp³-hybridized carbons (Fsp3) is 0.375. The minimum absolute atomic E-state index is 0.0230. The van der Waals surface area contributed by atoms with Crippen LogP contribution in [0, 0.1) is 6.92 Å². The zero-order valence-electron chi connectivity index (χ0n) is 22.6. The first-order valence-corrected chi connectivity index (χ1v) is 13.5. The first-order chi connectivity index (χ1) is 18.4. The van der Waals surface area contributed by atoms with E-state index in [1.807, 2.05) is 93.6 Å². The largest absolute Gasteiger partial charge is 0.486 e. The number of nitrogens with zero attached hydrogens (tertiary/aromatic N) is 1. The Labute approximate surface area is 226 Å². The van der Waals surface area contributed by atoms with Crippen molar-refractivity contribution in [3.63, 3.8) is 0 Å². The summed E-state index contributed by atoms with van der Waals surface area (Å²) in [5.41, 5.74) is 4.17. The molecule has 2 amide bonds. The molecular formula is C32H38N2O4. The number of hydrogen-bond donors (Lipinski definition) is 1. The number of fused-ring (bicyclic) bond motifs is 1. The van der Waals surface area contributed by atoms with E-state index < -0.39 is 6.04 Å². The van der Waals surface area contributed by atoms with Gasteiger partial charge in [-0.15, -0.1) is 0 Å². The molecule has 0 spiro atoms. The molecule has 1 heterocycles. The molecule has 0 fully saturated rings. The van der Waals surface area contributed by atoms with Crippen molar-refractivity contribution in [3.05, 3.63) is 95.1 Å². The van der Waals surface area contributed by atoms with Crippen molar-refractivity contribution in [3.8, 4) is 11.5 Å². The van der Waals surface area contributed by atoms with Crippen LogP contribution in [0.25, 0.3) is 0 Å². The number of carbonyl (C=O) groups excluding carboxylic acids is 2. The van der Waals surface area contributed by atoms with E-state index in [1.165, 1.54) is 0 Å². The Bertz CT molecular complexity index is 1210. The molecule has 1 N–H and O–H groups in total. The highest BCUT2D eigenvalue weighted by molar-refractivity contribution is 5.88. The van der Waals surface area contributed by atoms with Gasteiger partial charge in [0.15, 0.2) is 11.5 Å². The third-order valence-corrected chi connectivity index (χ3v) is 6.98. The van der Waals surface area contributed by atoms with Gasteiger partial charge in [-0.25, -0.2) is 0 Å². The molecule has 0 saturated carbocycles. The van der Waals surface area contributed by atoms with Gasteiger partial charge in [0.2, 0.25) is 11.8 Å². The normalized spacial score (nSPS) is 13.9. The summed E-state index contributed by atoms with van der Waals surface area (Å²) in [6.07, 6.45) is 2.10. The standard InChI is InChI=1S/C32H38N2O4/c1-4-24(3)33-32(36)28(20-25-8-6-5-7-9-25)34(22-27-12-10-23(2)11-13-27)31(35)17-15-26-14-16-29-30(21-26)38-19-18-37-29/h5-14,16,21,24,28H,4,15,17-20,22H2,1-3H3,(H,33,36)/t24-,28-/m1/s1. The summed E-state index contributed by atoms with van der Waals surface area (Å²) in [5, 5.41) is 3.12. The molecule has 4 rings (SSSR count). The molecule has 2 atom stereocenters. The van der Waals surface area contributed by atoms with Crippen LogP contribution in [0.5, 0.6) is 11.5 Å². The van der Waals surface area contributed by atoms with Gasteiger partial charge in [0.25, 0.3) is 0 Å². The van der Waals surface area contributed by atoms with Crippen LogP contribution in [0.15, 0.2) is 72.8 Å². The number of amides is 2. The predicted molar refractivity (Wildman–Crippen MR) is 149 cm³/mol. The fourth-order valence-electron chi connectivity index (χ4n) is 4.52. The maximum Gasteiger partial charge on any atom is 0.243 e. The molecule has 1 aliphatic rings. The van der Waals surface area contributed by atoms with Gasteiger partial charge >= 0.3 is 0 Å². The molecule has 3 aromatic carbocycles. The van der Waals surface area contributed by atoms with Gasteiger partial charge in [-0.1, -0.05) is 73.2 Å². The molecule has 200 valence electrons. The SMILES string of the molecule is CC[C@@H](C)NC(=O)[C@@H](Cc1ccccc1)N(Cc1ccc(C)cc1)C(=O)CCc1ccc2c(c1)OCCO2. The number of carbonyl (C=O) groups is 2. The summed E-state index contributed by atoms with van der Waals surface area (Å²) in [4.78, 5) is 29.2. The Kier molecular flexibility index (Phi) is 9.41. The smallest absolute Gasteiger partial charge is 0.243 e. The van der Waals surface area contributed by atoms with Crippen molar-refractivity contribution in [2.75, 3.05) is 13.2 Å². The second-order valence-corrected chi connectivity index (χ2v) is 10.0. The summed E-state index contributed by atoms with van der Waals surface area (Å²) in [5.74, 6) is 1.27. The van der Waals surface area contributed by atoms with Crippen LogP contribution in [-0.2, 0) is 29.0 Å². The maximum absolute atomic E-state index is 13.9. The lowest BCUT2D eigenvalue weighted by Gasteiger charge is -2.32. The Morgan fingerprint density at radius 3 is 2.29 bits per heavy atom. The summed E-state index contributed by atoms with van der Waals surface area (Å²) in [7, 11) is 0. The third kappa shape index (κ3) is 7.37. The van der Waals surface area contributed by atoms with Gasteiger partial charge in [0.05, 0.1) is 0 Å². The van der Waals surface area contributed by atoms with E-state index >= 15 is 0 Å². The lowest BCUT2D eigenvalue weighted by Crippen LogP contribution is -2.52. The van der Waals surface area contributed by atoms with Crippen LogP contribution >= 0.6 is 0 Å². The van der Waals surface area contributed by atoms with E-state index in [-0.39, 0.29) is 24.3 Å². The van der Waals surface area contributed by atoms with Gasteiger partial charge < -0.3 is 19.7 Å². The van der Waals surface area contributed by atoms with E-state index in [0.717, 1.165) is 34.4 Å². The second-order valence-electron chi connectivity index (χ2n) is 10.0. The molecule has 3 aromatic rings. The molecule has 0 saturated heterocycles. The Hall–Kier alpha value is -3.80. The maximum atomic E-state index is 13.9. The van der Waals surface area contributed by atoms with E-state index in [9.17, 15) is 9.59 Å². The van der Waals surface area contributed by atoms with Crippen molar-refractivity contribution in [2.24, 2.45) is 0 Å². The topological polar surface area (TPSA) is 67.9 Å². The molecule has 0 aromatic heterocycles. The molecule has 0 unspecified atom stereocenters. The number of nitrogens with one attached hydrogen (secondary N) is 1. The summed E-state index contributed by atoms with van der Waals surface area (Å²) < 4.78 is 11.3. The van der Waals surface area contributed by atoms with Crippen molar-refractivity contribution in [1.82, 2.24) is 10.2 Å². The van der Waals surface area contributed by atoms with Gasteiger partial charge in [0, 0.05) is 25.4 Å². The summed E-state index contributed by atoms with van der Waals surface area (Å²) >= 11 is 0. The molecule has 0 aliphatic carbocycles. The van der Waals surface area contributed by atoms with E-state index in [1.54, 1.807) is 4.90 Å². The van der Waals surface area contributed by atoms with Gasteiger partial charge in [-0.05, 0) is 55.5 Å². The summed E-state index contributed by atoms with van der Waals surface area (Å²) in [6, 6.07) is 23.3. The molecule has 6 heteroatoms. The van der Waals surface area contributed by atoms with Gasteiger partial charge in [0.1, 0.15) is 19.3 Å². The minimum Gasteiger partial charge on any atom is -0.486 e. The summed E-state index contributed by atoms with van der Waals surface area (Å²) in [6.45, 7) is 7.50. The predicted octanol–water partition coefficient (Wildman–Crippen LogP) is 5.25. The Morgan fingerprint density at radius 1 is 0.895 bits per heavy atom. The molecular weight excluding hydrogens is 476 g/mol. The van der Waals surface area contributed by atoms with Crippen molar-refractivity contribution < 1.29 is 19.1 Å². The Balaban J connectivity index is 1.59. The van der Waals surface area contributed by atoms with Crippen LogP contribution < -0.4 is 14.8 Å². The van der Waals surface area contributed by atoms with Crippen LogP contribution in [0.4, 0.5) is 0 Å². The third-order valence-electron chi connectivity index (χ3n) is 6.98. The highest BCUT2D eigenvalue weighted by Gasteiger charge is 2.30. The zero-order valence-corrected chi connectivity index (χ0v) is 22.6. The highest BCUT2D eigenvalue weighted by Crippen LogP contribution is 2.31. The van der Waals surface area contributed by atoms with Crippen molar-refractivity contribution in [2.45, 2.75) is 65.1 Å². The average molecular weight is 515 g/mol. The number of benzene rings is 3. The number of ether oxygens (including phenoxy) is 2. The van der Waals surface area contributed by atoms with E-state index in [4.69, 9.17) is 9.47 Å². The number of hydrogen-bond acceptors (Lipinski definition) is 4. The molecule has 6 nitrogen and oxygen atoms in total. The molecule has 38 heavy (non-hydrogen) atoms. The van der Waals surface area contributed by atoms with Crippen LogP contribution in [0.3, 0.4) is 0 Å². The van der Waals surface area contributed by atoms with E-state index in [2.05, 4.69) is 5.32 Å². The van der Waals surface area contributed by atoms with Gasteiger partial charge in [-0.3, -0.25) is 9.59 Å². The first kappa shape index (κ1) is 27.2. The van der Waals surface area contributed by atoms with Crippen LogP contribution in [0.1, 0.15) is 48.9 Å². The second kappa shape index (κ2) is 13.1. The fourth-order valence-corrected chi connectivity index (χ4v) is 4.52. The van der Waals surface area contributed by atoms with Gasteiger partial charge in [-0.2, -0.15) is 0 Å². The number of rotatable bonds is 11. The lowest BCUT2D eigenvalue weighted by atomic mass is 10.0. The van der Waals surface area contributed by atoms with Crippen molar-refractivity contribution >= 4 is 11.8 Å². The Morgan fingerprint density at radius 2 is 1.58 bits per heavy atom. The molecule has 0 radical (unpaired) electrons. The zero-order chi connectivity index (χ0) is 26.9. The average Bonchev–Trinajstić information content (AvgIpc) is 2.94. The first-order valence-electron chi connectivity index (χ1n) is 13.5. The highest BCUT2D eigenvalue weighted by atomic mass is 16.6. The van der Waals surface area contributed by atoms with Crippen LogP contribution in [0.2, 0.25) is 0 Å². The minimum atomic E-state index is -0.625. The lowest BCUT2D eigenvalue weighted by molar-refractivity contribution is -0.141. The quantitative estimate of drug-likeness (QED) is 0.379. The van der Waals surface area contributed by atoms with E-state index in [0.29, 0.717) is 38.3 Å². The monoisotopic (exact) mass is 514 g/mol. The van der Waals surface area contributed by atoms with Crippen LogP contribution in [-0.4, -0.2) is 42.0 Å². The molecule has 0 bridgehead atoms. The van der Waals surface area contributed by atoms with Crippen molar-refractivity contribution in [1.29, 1.82) is 0 Å². The number of aryl methyl sites for hydroxylation is 2.